The number of aryl methyl sites for hydroxylation is 5. The van der Waals surface area contributed by atoms with Gasteiger partial charge in [0.05, 0.1) is 11.3 Å². The topological polar surface area (TPSA) is 50.1 Å². The second-order valence-corrected chi connectivity index (χ2v) is 5.31. The van der Waals surface area contributed by atoms with Gasteiger partial charge in [0, 0.05) is 11.1 Å². The molecule has 0 unspecified atom stereocenters. The molecule has 0 bridgehead atoms. The number of hydrogen-bond donors (Lipinski definition) is 2. The molecule has 19 heavy (non-hydrogen) atoms. The van der Waals surface area contributed by atoms with Crippen LogP contribution >= 0.6 is 0 Å². The van der Waals surface area contributed by atoms with Crippen LogP contribution in [-0.2, 0) is 7.05 Å². The van der Waals surface area contributed by atoms with E-state index in [1.54, 1.807) is 0 Å². The highest BCUT2D eigenvalue weighted by Gasteiger charge is 2.22. The van der Waals surface area contributed by atoms with Gasteiger partial charge in [-0.1, -0.05) is 6.07 Å². The molecule has 0 atom stereocenters. The first-order chi connectivity index (χ1) is 8.82. The molecular weight excluding hydrogens is 236 g/mol. The van der Waals surface area contributed by atoms with Crippen LogP contribution in [0.25, 0.3) is 11.3 Å². The predicted octanol–water partition coefficient (Wildman–Crippen LogP) is 2.70. The number of phenolic OH excluding ortho intramolecular Hbond substituents is 1. The monoisotopic (exact) mass is 257 g/mol. The molecule has 0 aliphatic heterocycles. The van der Waals surface area contributed by atoms with Gasteiger partial charge in [0.2, 0.25) is 5.69 Å². The minimum atomic E-state index is 0.181. The first-order valence-electron chi connectivity index (χ1n) is 6.38. The first-order valence-corrected chi connectivity index (χ1v) is 6.38. The molecule has 100 valence electrons. The van der Waals surface area contributed by atoms with Crippen LogP contribution in [0.2, 0.25) is 0 Å². The van der Waals surface area contributed by atoms with Crippen LogP contribution in [0.1, 0.15) is 22.3 Å². The van der Waals surface area contributed by atoms with E-state index in [-0.39, 0.29) is 5.75 Å². The van der Waals surface area contributed by atoms with Gasteiger partial charge >= 0.3 is 0 Å². The zero-order valence-corrected chi connectivity index (χ0v) is 12.2. The Balaban J connectivity index is 2.84. The Morgan fingerprint density at radius 2 is 1.63 bits per heavy atom. The number of aromatic nitrogens is 1. The number of nitrogens with zero attached hydrogens (tertiary/aromatic N) is 1. The molecule has 3 nitrogen and oxygen atoms in total. The fraction of sp³-hybridized carbons (Fsp3) is 0.312. The molecule has 0 spiro atoms. The third-order valence-electron chi connectivity index (χ3n) is 3.55. The van der Waals surface area contributed by atoms with Crippen LogP contribution in [0.4, 0.5) is 5.69 Å². The van der Waals surface area contributed by atoms with Crippen LogP contribution in [-0.4, -0.2) is 5.11 Å². The summed E-state index contributed by atoms with van der Waals surface area (Å²) >= 11 is 0. The van der Waals surface area contributed by atoms with Crippen molar-refractivity contribution in [2.24, 2.45) is 7.05 Å². The van der Waals surface area contributed by atoms with Crippen LogP contribution in [0.3, 0.4) is 0 Å². The molecular formula is C16H21N2O+. The maximum atomic E-state index is 10.4. The van der Waals surface area contributed by atoms with Crippen molar-refractivity contribution in [2.75, 3.05) is 5.73 Å². The molecule has 1 aromatic carbocycles. The van der Waals surface area contributed by atoms with Crippen LogP contribution < -0.4 is 10.3 Å². The molecule has 2 rings (SSSR count). The Morgan fingerprint density at radius 3 is 2.21 bits per heavy atom. The summed E-state index contributed by atoms with van der Waals surface area (Å²) < 4.78 is 2.04. The summed E-state index contributed by atoms with van der Waals surface area (Å²) in [5.74, 6) is 0.181. The number of nitrogens with two attached hydrogens (primary N) is 1. The molecule has 0 amide bonds. The lowest BCUT2D eigenvalue weighted by Crippen LogP contribution is -2.32. The van der Waals surface area contributed by atoms with Crippen molar-refractivity contribution in [3.63, 3.8) is 0 Å². The molecule has 3 N–H and O–H groups in total. The number of phenols is 1. The lowest BCUT2D eigenvalue weighted by atomic mass is 9.96. The lowest BCUT2D eigenvalue weighted by Gasteiger charge is -2.13. The van der Waals surface area contributed by atoms with Crippen LogP contribution in [0.5, 0.6) is 5.75 Å². The van der Waals surface area contributed by atoms with Crippen molar-refractivity contribution in [3.8, 4) is 17.0 Å². The number of aromatic hydroxyl groups is 1. The van der Waals surface area contributed by atoms with Gasteiger partial charge in [0.25, 0.3) is 0 Å². The van der Waals surface area contributed by atoms with Gasteiger partial charge in [-0.25, -0.2) is 4.57 Å². The Hall–Kier alpha value is -2.03. The standard InChI is InChI=1S/C16H20N2O/c1-9-6-12(4)15(18(5)8-9)13-10(2)7-11(3)14(17)16(13)19/h6-8H,17H2,1-5H3/p+1. The largest absolute Gasteiger partial charge is 0.505 e. The summed E-state index contributed by atoms with van der Waals surface area (Å²) in [6, 6.07) is 4.13. The van der Waals surface area contributed by atoms with Crippen molar-refractivity contribution < 1.29 is 9.67 Å². The maximum absolute atomic E-state index is 10.4. The molecule has 3 heteroatoms. The first kappa shape index (κ1) is 13.4. The molecule has 1 heterocycles. The van der Waals surface area contributed by atoms with E-state index in [1.165, 1.54) is 5.56 Å². The Morgan fingerprint density at radius 1 is 1.00 bits per heavy atom. The number of nitrogen functional groups attached to an aromatic ring is 1. The number of benzene rings is 1. The van der Waals surface area contributed by atoms with E-state index in [1.807, 2.05) is 31.5 Å². The van der Waals surface area contributed by atoms with E-state index in [0.29, 0.717) is 5.69 Å². The summed E-state index contributed by atoms with van der Waals surface area (Å²) in [6.45, 7) is 8.03. The van der Waals surface area contributed by atoms with Gasteiger partial charge in [-0.15, -0.1) is 0 Å². The number of pyridine rings is 1. The number of hydrogen-bond acceptors (Lipinski definition) is 2. The Labute approximate surface area is 114 Å². The average Bonchev–Trinajstić information content (AvgIpc) is 2.29. The molecule has 0 radical (unpaired) electrons. The minimum absolute atomic E-state index is 0.181. The summed E-state index contributed by atoms with van der Waals surface area (Å²) in [7, 11) is 1.99. The van der Waals surface area contributed by atoms with Gasteiger partial charge < -0.3 is 10.8 Å². The molecule has 0 fully saturated rings. The van der Waals surface area contributed by atoms with E-state index in [9.17, 15) is 5.11 Å². The Kier molecular flexibility index (Phi) is 3.23. The highest BCUT2D eigenvalue weighted by molar-refractivity contribution is 5.79. The third-order valence-corrected chi connectivity index (χ3v) is 3.55. The average molecular weight is 257 g/mol. The smallest absolute Gasteiger partial charge is 0.219 e. The summed E-state index contributed by atoms with van der Waals surface area (Å²) in [5.41, 5.74) is 12.5. The summed E-state index contributed by atoms with van der Waals surface area (Å²) in [5, 5.41) is 10.4. The molecule has 2 aromatic rings. The zero-order chi connectivity index (χ0) is 14.3. The number of rotatable bonds is 1. The summed E-state index contributed by atoms with van der Waals surface area (Å²) in [4.78, 5) is 0. The predicted molar refractivity (Wildman–Crippen MR) is 78.1 cm³/mol. The molecule has 1 aromatic heterocycles. The molecule has 0 saturated carbocycles. The second-order valence-electron chi connectivity index (χ2n) is 5.31. The van der Waals surface area contributed by atoms with E-state index in [4.69, 9.17) is 5.73 Å². The van der Waals surface area contributed by atoms with Gasteiger partial charge in [-0.3, -0.25) is 0 Å². The molecule has 0 aliphatic rings. The van der Waals surface area contributed by atoms with Crippen molar-refractivity contribution in [1.29, 1.82) is 0 Å². The van der Waals surface area contributed by atoms with E-state index < -0.39 is 0 Å². The van der Waals surface area contributed by atoms with Crippen LogP contribution in [0.15, 0.2) is 18.3 Å². The highest BCUT2D eigenvalue weighted by atomic mass is 16.3. The van der Waals surface area contributed by atoms with Crippen LogP contribution in [0, 0.1) is 27.7 Å². The minimum Gasteiger partial charge on any atom is -0.505 e. The van der Waals surface area contributed by atoms with Crippen molar-refractivity contribution in [1.82, 2.24) is 0 Å². The fourth-order valence-electron chi connectivity index (χ4n) is 2.75. The van der Waals surface area contributed by atoms with Gasteiger partial charge in [-0.2, -0.15) is 0 Å². The molecule has 0 aliphatic carbocycles. The zero-order valence-electron chi connectivity index (χ0n) is 12.2. The van der Waals surface area contributed by atoms with E-state index in [2.05, 4.69) is 26.1 Å². The summed E-state index contributed by atoms with van der Waals surface area (Å²) in [6.07, 6.45) is 2.05. The SMILES string of the molecule is Cc1cc(C)c(-c2c(C)cc(C)c(N)c2O)[n+](C)c1. The van der Waals surface area contributed by atoms with Gasteiger partial charge in [0.15, 0.2) is 11.9 Å². The number of anilines is 1. The maximum Gasteiger partial charge on any atom is 0.219 e. The highest BCUT2D eigenvalue weighted by Crippen LogP contribution is 2.38. The normalized spacial score (nSPS) is 10.8. The quantitative estimate of drug-likeness (QED) is 0.469. The van der Waals surface area contributed by atoms with Crippen molar-refractivity contribution >= 4 is 5.69 Å². The second kappa shape index (κ2) is 4.57. The van der Waals surface area contributed by atoms with E-state index in [0.717, 1.165) is 27.9 Å². The van der Waals surface area contributed by atoms with Gasteiger partial charge in [-0.05, 0) is 44.9 Å². The third kappa shape index (κ3) is 2.16. The lowest BCUT2D eigenvalue weighted by molar-refractivity contribution is -0.661. The molecule has 0 saturated heterocycles. The van der Waals surface area contributed by atoms with Crippen molar-refractivity contribution in [2.45, 2.75) is 27.7 Å². The Bertz CT molecular complexity index is 637. The van der Waals surface area contributed by atoms with Crippen molar-refractivity contribution in [3.05, 3.63) is 40.6 Å². The van der Waals surface area contributed by atoms with E-state index >= 15 is 0 Å². The fourth-order valence-corrected chi connectivity index (χ4v) is 2.75. The van der Waals surface area contributed by atoms with Gasteiger partial charge in [0.1, 0.15) is 7.05 Å².